The van der Waals surface area contributed by atoms with Gasteiger partial charge in [-0.15, -0.1) is 0 Å². The lowest BCUT2D eigenvalue weighted by Gasteiger charge is -2.11. The van der Waals surface area contributed by atoms with Crippen molar-refractivity contribution in [1.29, 1.82) is 0 Å². The third-order valence-corrected chi connectivity index (χ3v) is 16.6. The molecule has 0 saturated heterocycles. The molecule has 15 aromatic rings. The Morgan fingerprint density at radius 3 is 1.19 bits per heavy atom. The molecule has 0 spiro atoms. The monoisotopic (exact) mass is 1110 g/mol. The van der Waals surface area contributed by atoms with Gasteiger partial charge in [-0.25, -0.2) is 28.7 Å². The van der Waals surface area contributed by atoms with E-state index in [4.69, 9.17) is 13.3 Å². The highest BCUT2D eigenvalue weighted by Crippen LogP contribution is 2.42. The quantitative estimate of drug-likeness (QED) is 0.154. The summed E-state index contributed by atoms with van der Waals surface area (Å²) in [7, 11) is 6.29. The number of pyridine rings is 6. The molecule has 0 saturated carbocycles. The van der Waals surface area contributed by atoms with E-state index in [1.165, 1.54) is 72.3 Å². The standard InChI is InChI=1S/C26H23N2O.2C25H21N2O/c1-16-14-22(28(4)15-21(16)19-9-6-5-7-10-19)24-18(3)13-17(2)23-20-11-8-12-27-26(20)29-25(23)24;1-16-14-17(2)23(24-22(16)20-10-7-13-26-25(20)28-24)21-12-11-19(15-27(21)3)18-8-5-4-6-9-18;1-16-11-12-19-20-10-7-13-26-25(20)28-24(19)23(16)22-14-17(2)21(15-27(22)3)18-8-5-4-6-9-18/h5-15H,1-4H3;2*4-15H,1-3H3/q3*+1. The van der Waals surface area contributed by atoms with Gasteiger partial charge in [-0.3, -0.25) is 0 Å². The average Bonchev–Trinajstić information content (AvgIpc) is 2.22. The van der Waals surface area contributed by atoms with E-state index >= 15 is 0 Å². The Balaban J connectivity index is 0.000000119. The molecule has 9 nitrogen and oxygen atoms in total. The van der Waals surface area contributed by atoms with E-state index in [9.17, 15) is 0 Å². The van der Waals surface area contributed by atoms with Crippen LogP contribution in [0.3, 0.4) is 0 Å². The maximum absolute atomic E-state index is 6.28. The second kappa shape index (κ2) is 22.1. The van der Waals surface area contributed by atoms with E-state index in [2.05, 4.69) is 262 Å². The SMILES string of the molecule is Cc1cc(-c2c(C)cc(C)c3c2oc2ncccc23)[n+](C)cc1-c1ccccc1.Cc1cc(-c2c(C)ccc3c2oc2ncccc23)[n+](C)cc1-c1ccccc1.Cc1cc(C)c2c(oc3ncccc32)c1-c1ccc(-c2ccccc2)c[n+]1C. The van der Waals surface area contributed by atoms with Crippen molar-refractivity contribution in [2.75, 3.05) is 0 Å². The number of hydrogen-bond donors (Lipinski definition) is 0. The van der Waals surface area contributed by atoms with Crippen molar-refractivity contribution < 1.29 is 27.0 Å². The number of aromatic nitrogens is 6. The fraction of sp³-hybridized carbons (Fsp3) is 0.132. The van der Waals surface area contributed by atoms with Crippen molar-refractivity contribution in [3.05, 3.63) is 252 Å². The van der Waals surface area contributed by atoms with Gasteiger partial charge in [0.1, 0.15) is 21.1 Å². The van der Waals surface area contributed by atoms with Crippen LogP contribution in [-0.2, 0) is 21.1 Å². The fourth-order valence-electron chi connectivity index (χ4n) is 12.5. The third-order valence-electron chi connectivity index (χ3n) is 16.6. The van der Waals surface area contributed by atoms with Gasteiger partial charge in [0.15, 0.2) is 35.3 Å². The highest BCUT2D eigenvalue weighted by molar-refractivity contribution is 6.12. The van der Waals surface area contributed by atoms with Crippen molar-refractivity contribution in [2.24, 2.45) is 21.1 Å². The largest absolute Gasteiger partial charge is 0.437 e. The zero-order chi connectivity index (χ0) is 58.6. The Labute approximate surface area is 494 Å². The zero-order valence-corrected chi connectivity index (χ0v) is 49.6. The van der Waals surface area contributed by atoms with Crippen LogP contribution in [-0.4, -0.2) is 15.0 Å². The van der Waals surface area contributed by atoms with Gasteiger partial charge in [-0.2, -0.15) is 0 Å². The molecule has 0 N–H and O–H groups in total. The summed E-state index contributed by atoms with van der Waals surface area (Å²) in [5.41, 5.74) is 27.4. The van der Waals surface area contributed by atoms with Crippen molar-refractivity contribution in [1.82, 2.24) is 15.0 Å². The first-order valence-electron chi connectivity index (χ1n) is 28.8. The summed E-state index contributed by atoms with van der Waals surface area (Å²) in [6.07, 6.45) is 11.9. The second-order valence-electron chi connectivity index (χ2n) is 22.4. The van der Waals surface area contributed by atoms with Crippen LogP contribution in [0.2, 0.25) is 0 Å². The molecule has 0 fully saturated rings. The van der Waals surface area contributed by atoms with Crippen molar-refractivity contribution in [3.8, 4) is 67.2 Å². The highest BCUT2D eigenvalue weighted by atomic mass is 16.3. The van der Waals surface area contributed by atoms with Crippen LogP contribution in [0.15, 0.2) is 226 Å². The molecular weight excluding hydrogens is 1040 g/mol. The zero-order valence-electron chi connectivity index (χ0n) is 49.6. The first-order chi connectivity index (χ1) is 41.3. The molecule has 0 aliphatic carbocycles. The Bertz CT molecular complexity index is 5060. The number of furan rings is 3. The predicted molar refractivity (Wildman–Crippen MR) is 344 cm³/mol. The van der Waals surface area contributed by atoms with E-state index in [1.54, 1.807) is 18.6 Å². The van der Waals surface area contributed by atoms with Crippen LogP contribution in [0.5, 0.6) is 0 Å². The smallest absolute Gasteiger partial charge is 0.227 e. The van der Waals surface area contributed by atoms with E-state index in [1.807, 2.05) is 30.3 Å². The molecule has 0 aliphatic rings. The minimum Gasteiger partial charge on any atom is -0.437 e. The first kappa shape index (κ1) is 53.9. The van der Waals surface area contributed by atoms with E-state index in [-0.39, 0.29) is 0 Å². The van der Waals surface area contributed by atoms with Gasteiger partial charge in [0.2, 0.25) is 34.2 Å². The molecule has 0 bridgehead atoms. The van der Waals surface area contributed by atoms with Crippen LogP contribution < -0.4 is 13.7 Å². The maximum atomic E-state index is 6.28. The fourth-order valence-corrected chi connectivity index (χ4v) is 12.5. The summed E-state index contributed by atoms with van der Waals surface area (Å²) in [4.78, 5) is 13.3. The number of nitrogens with zero attached hydrogens (tertiary/aromatic N) is 6. The Morgan fingerprint density at radius 1 is 0.294 bits per heavy atom. The molecule has 9 heteroatoms. The highest BCUT2D eigenvalue weighted by Gasteiger charge is 2.27. The lowest BCUT2D eigenvalue weighted by atomic mass is 9.95. The number of hydrogen-bond acceptors (Lipinski definition) is 6. The van der Waals surface area contributed by atoms with Gasteiger partial charge < -0.3 is 13.3 Å². The summed E-state index contributed by atoms with van der Waals surface area (Å²) in [6, 6.07) is 61.3. The molecule has 0 aliphatic heterocycles. The summed E-state index contributed by atoms with van der Waals surface area (Å²) in [6.45, 7) is 15.1. The molecule has 414 valence electrons. The molecule has 9 aromatic heterocycles. The molecule has 0 amide bonds. The normalized spacial score (nSPS) is 11.4. The number of aryl methyl sites for hydroxylation is 10. The van der Waals surface area contributed by atoms with Gasteiger partial charge in [-0.05, 0) is 147 Å². The van der Waals surface area contributed by atoms with Crippen LogP contribution in [0.4, 0.5) is 0 Å². The van der Waals surface area contributed by atoms with Crippen LogP contribution in [0.25, 0.3) is 133 Å². The topological polar surface area (TPSA) is 89.7 Å². The first-order valence-corrected chi connectivity index (χ1v) is 28.8. The third kappa shape index (κ3) is 9.77. The van der Waals surface area contributed by atoms with Crippen molar-refractivity contribution in [2.45, 2.75) is 48.5 Å². The molecule has 0 radical (unpaired) electrons. The molecule has 85 heavy (non-hydrogen) atoms. The van der Waals surface area contributed by atoms with Crippen LogP contribution in [0.1, 0.15) is 38.9 Å². The van der Waals surface area contributed by atoms with E-state index in [0.29, 0.717) is 17.1 Å². The summed E-state index contributed by atoms with van der Waals surface area (Å²) >= 11 is 0. The van der Waals surface area contributed by atoms with Crippen LogP contribution in [0, 0.1) is 48.5 Å². The average molecular weight is 1110 g/mol. The van der Waals surface area contributed by atoms with Crippen molar-refractivity contribution >= 4 is 66.2 Å². The van der Waals surface area contributed by atoms with Gasteiger partial charge in [0.05, 0.1) is 16.7 Å². The van der Waals surface area contributed by atoms with E-state index in [0.717, 1.165) is 82.8 Å². The summed E-state index contributed by atoms with van der Waals surface area (Å²) in [5, 5.41) is 6.60. The Hall–Kier alpha value is -10.4. The number of rotatable bonds is 6. The van der Waals surface area contributed by atoms with Gasteiger partial charge >= 0.3 is 0 Å². The minimum atomic E-state index is 0.685. The van der Waals surface area contributed by atoms with Gasteiger partial charge in [0, 0.05) is 85.8 Å². The van der Waals surface area contributed by atoms with Crippen molar-refractivity contribution in [3.63, 3.8) is 0 Å². The molecule has 15 rings (SSSR count). The number of benzene rings is 6. The summed E-state index contributed by atoms with van der Waals surface area (Å²) in [5.74, 6) is 0. The molecular formula is C76H65N6O3+3. The minimum absolute atomic E-state index is 0.685. The van der Waals surface area contributed by atoms with E-state index < -0.39 is 0 Å². The molecule has 0 atom stereocenters. The second-order valence-corrected chi connectivity index (χ2v) is 22.4. The Morgan fingerprint density at radius 2 is 0.706 bits per heavy atom. The Kier molecular flexibility index (Phi) is 14.0. The lowest BCUT2D eigenvalue weighted by Crippen LogP contribution is -2.31. The molecule has 9 heterocycles. The molecule has 6 aromatic carbocycles. The van der Waals surface area contributed by atoms with Gasteiger partial charge in [0.25, 0.3) is 0 Å². The maximum Gasteiger partial charge on any atom is 0.227 e. The predicted octanol–water partition coefficient (Wildman–Crippen LogP) is 17.6. The molecule has 0 unspecified atom stereocenters. The lowest BCUT2D eigenvalue weighted by molar-refractivity contribution is -0.660. The summed E-state index contributed by atoms with van der Waals surface area (Å²) < 4.78 is 25.3. The van der Waals surface area contributed by atoms with Gasteiger partial charge in [-0.1, -0.05) is 115 Å². The number of fused-ring (bicyclic) bond motifs is 9. The van der Waals surface area contributed by atoms with Crippen LogP contribution >= 0.6 is 0 Å².